The maximum absolute atomic E-state index is 12.3. The van der Waals surface area contributed by atoms with Crippen molar-refractivity contribution in [2.24, 2.45) is 0 Å². The molecular formula is C18H20ClNO. The minimum Gasteiger partial charge on any atom is -0.325 e. The van der Waals surface area contributed by atoms with E-state index in [0.717, 1.165) is 22.4 Å². The second kappa shape index (κ2) is 6.77. The van der Waals surface area contributed by atoms with Crippen molar-refractivity contribution in [3.63, 3.8) is 0 Å². The Bertz CT molecular complexity index is 649. The molecule has 0 aromatic heterocycles. The molecule has 0 saturated carbocycles. The van der Waals surface area contributed by atoms with Crippen LogP contribution in [0.5, 0.6) is 0 Å². The number of halogens is 1. The van der Waals surface area contributed by atoms with Crippen LogP contribution in [-0.2, 0) is 11.2 Å². The molecule has 0 aliphatic carbocycles. The fraction of sp³-hybridized carbons (Fsp3) is 0.278. The number of hydrogen-bond acceptors (Lipinski definition) is 1. The summed E-state index contributed by atoms with van der Waals surface area (Å²) in [5.41, 5.74) is 4.00. The van der Waals surface area contributed by atoms with E-state index >= 15 is 0 Å². The smallest absolute Gasteiger partial charge is 0.228 e. The molecule has 0 atom stereocenters. The molecule has 110 valence electrons. The Kier molecular flexibility index (Phi) is 5.03. The normalized spacial score (nSPS) is 10.7. The van der Waals surface area contributed by atoms with E-state index in [1.807, 2.05) is 37.3 Å². The molecule has 2 nitrogen and oxygen atoms in total. The Morgan fingerprint density at radius 3 is 2.52 bits per heavy atom. The van der Waals surface area contributed by atoms with E-state index < -0.39 is 0 Å². The predicted molar refractivity (Wildman–Crippen MR) is 89.1 cm³/mol. The lowest BCUT2D eigenvalue weighted by molar-refractivity contribution is -0.115. The summed E-state index contributed by atoms with van der Waals surface area (Å²) in [5, 5.41) is 3.66. The van der Waals surface area contributed by atoms with Crippen molar-refractivity contribution in [2.75, 3.05) is 5.32 Å². The summed E-state index contributed by atoms with van der Waals surface area (Å²) in [6.45, 7) is 6.26. The van der Waals surface area contributed by atoms with Crippen LogP contribution in [0.1, 0.15) is 36.5 Å². The van der Waals surface area contributed by atoms with Crippen molar-refractivity contribution in [1.29, 1.82) is 0 Å². The quantitative estimate of drug-likeness (QED) is 0.850. The van der Waals surface area contributed by atoms with Gasteiger partial charge in [0.25, 0.3) is 0 Å². The van der Waals surface area contributed by atoms with Gasteiger partial charge in [-0.15, -0.1) is 0 Å². The first kappa shape index (κ1) is 15.6. The zero-order valence-electron chi connectivity index (χ0n) is 12.6. The minimum absolute atomic E-state index is 0.0423. The predicted octanol–water partition coefficient (Wildman–Crippen LogP) is 4.95. The third kappa shape index (κ3) is 3.85. The number of benzene rings is 2. The van der Waals surface area contributed by atoms with Gasteiger partial charge in [-0.2, -0.15) is 0 Å². The highest BCUT2D eigenvalue weighted by Gasteiger charge is 2.13. The average molecular weight is 302 g/mol. The van der Waals surface area contributed by atoms with Crippen LogP contribution in [0.4, 0.5) is 5.69 Å². The molecule has 1 amide bonds. The number of rotatable bonds is 4. The molecule has 0 radical (unpaired) electrons. The number of carbonyl (C=O) groups is 1. The number of carbonyl (C=O) groups excluding carboxylic acids is 1. The molecule has 0 bridgehead atoms. The lowest BCUT2D eigenvalue weighted by Gasteiger charge is -2.16. The van der Waals surface area contributed by atoms with E-state index in [2.05, 4.69) is 25.2 Å². The summed E-state index contributed by atoms with van der Waals surface area (Å²) in [6.07, 6.45) is 0.283. The molecule has 0 fully saturated rings. The van der Waals surface area contributed by atoms with Gasteiger partial charge in [-0.3, -0.25) is 4.79 Å². The van der Waals surface area contributed by atoms with Gasteiger partial charge >= 0.3 is 0 Å². The molecule has 2 aromatic rings. The third-order valence-electron chi connectivity index (χ3n) is 3.50. The average Bonchev–Trinajstić information content (AvgIpc) is 2.43. The van der Waals surface area contributed by atoms with Crippen molar-refractivity contribution < 1.29 is 4.79 Å². The van der Waals surface area contributed by atoms with E-state index in [9.17, 15) is 4.79 Å². The van der Waals surface area contributed by atoms with Gasteiger partial charge in [0.1, 0.15) is 0 Å². The molecule has 0 spiro atoms. The van der Waals surface area contributed by atoms with Crippen LogP contribution in [0.2, 0.25) is 5.02 Å². The zero-order chi connectivity index (χ0) is 15.4. The molecule has 0 unspecified atom stereocenters. The van der Waals surface area contributed by atoms with E-state index in [-0.39, 0.29) is 12.3 Å². The van der Waals surface area contributed by atoms with Gasteiger partial charge in [-0.1, -0.05) is 61.8 Å². The van der Waals surface area contributed by atoms with E-state index in [1.54, 1.807) is 6.07 Å². The second-order valence-corrected chi connectivity index (χ2v) is 5.92. The highest BCUT2D eigenvalue weighted by Crippen LogP contribution is 2.27. The summed E-state index contributed by atoms with van der Waals surface area (Å²) in [6, 6.07) is 13.5. The number of para-hydroxylation sites is 1. The lowest BCUT2D eigenvalue weighted by Crippen LogP contribution is -2.17. The topological polar surface area (TPSA) is 29.1 Å². The minimum atomic E-state index is -0.0423. The fourth-order valence-corrected chi connectivity index (χ4v) is 2.54. The Morgan fingerprint density at radius 2 is 1.86 bits per heavy atom. The molecule has 2 aromatic carbocycles. The first-order valence-electron chi connectivity index (χ1n) is 7.11. The van der Waals surface area contributed by atoms with Crippen LogP contribution in [0, 0.1) is 6.92 Å². The van der Waals surface area contributed by atoms with Crippen LogP contribution in [0.3, 0.4) is 0 Å². The van der Waals surface area contributed by atoms with Gasteiger partial charge in [0.2, 0.25) is 5.91 Å². The first-order valence-corrected chi connectivity index (χ1v) is 7.49. The third-order valence-corrected chi connectivity index (χ3v) is 3.87. The molecule has 1 N–H and O–H groups in total. The molecule has 0 saturated heterocycles. The van der Waals surface area contributed by atoms with Crippen LogP contribution >= 0.6 is 11.6 Å². The number of aryl methyl sites for hydroxylation is 1. The molecule has 0 aliphatic rings. The maximum atomic E-state index is 12.3. The van der Waals surface area contributed by atoms with Crippen molar-refractivity contribution in [3.8, 4) is 0 Å². The molecule has 0 heterocycles. The Hall–Kier alpha value is -1.80. The monoisotopic (exact) mass is 301 g/mol. The number of nitrogens with one attached hydrogen (secondary N) is 1. The maximum Gasteiger partial charge on any atom is 0.228 e. The van der Waals surface area contributed by atoms with Gasteiger partial charge in [-0.25, -0.2) is 0 Å². The van der Waals surface area contributed by atoms with Crippen molar-refractivity contribution in [2.45, 2.75) is 33.1 Å². The summed E-state index contributed by atoms with van der Waals surface area (Å²) in [4.78, 5) is 12.3. The van der Waals surface area contributed by atoms with Crippen LogP contribution in [0.15, 0.2) is 42.5 Å². The number of anilines is 1. The Morgan fingerprint density at radius 1 is 1.14 bits per heavy atom. The number of hydrogen-bond donors (Lipinski definition) is 1. The lowest BCUT2D eigenvalue weighted by atomic mass is 9.98. The summed E-state index contributed by atoms with van der Waals surface area (Å²) >= 11 is 6.10. The summed E-state index contributed by atoms with van der Waals surface area (Å²) in [7, 11) is 0. The highest BCUT2D eigenvalue weighted by molar-refractivity contribution is 6.31. The second-order valence-electron chi connectivity index (χ2n) is 5.51. The van der Waals surface area contributed by atoms with Gasteiger partial charge in [0.05, 0.1) is 6.42 Å². The van der Waals surface area contributed by atoms with Crippen LogP contribution < -0.4 is 5.32 Å². The van der Waals surface area contributed by atoms with Crippen molar-refractivity contribution in [1.82, 2.24) is 0 Å². The van der Waals surface area contributed by atoms with E-state index in [0.29, 0.717) is 10.9 Å². The van der Waals surface area contributed by atoms with Crippen LogP contribution in [0.25, 0.3) is 0 Å². The van der Waals surface area contributed by atoms with Crippen LogP contribution in [-0.4, -0.2) is 5.91 Å². The Balaban J connectivity index is 2.19. The van der Waals surface area contributed by atoms with E-state index in [1.165, 1.54) is 0 Å². The summed E-state index contributed by atoms with van der Waals surface area (Å²) < 4.78 is 0. The fourth-order valence-electron chi connectivity index (χ4n) is 2.34. The first-order chi connectivity index (χ1) is 9.99. The van der Waals surface area contributed by atoms with Gasteiger partial charge < -0.3 is 5.32 Å². The zero-order valence-corrected chi connectivity index (χ0v) is 13.4. The van der Waals surface area contributed by atoms with Crippen molar-refractivity contribution in [3.05, 3.63) is 64.2 Å². The molecule has 21 heavy (non-hydrogen) atoms. The summed E-state index contributed by atoms with van der Waals surface area (Å²) in [5.74, 6) is 0.319. The molecular weight excluding hydrogens is 282 g/mol. The molecule has 0 aliphatic heterocycles. The molecule has 2 rings (SSSR count). The number of amides is 1. The van der Waals surface area contributed by atoms with Gasteiger partial charge in [-0.05, 0) is 35.6 Å². The largest absolute Gasteiger partial charge is 0.325 e. The van der Waals surface area contributed by atoms with E-state index in [4.69, 9.17) is 11.6 Å². The molecule has 3 heteroatoms. The SMILES string of the molecule is Cc1cccc(C(C)C)c1NC(=O)Cc1ccccc1Cl. The van der Waals surface area contributed by atoms with Crippen molar-refractivity contribution >= 4 is 23.2 Å². The van der Waals surface area contributed by atoms with Gasteiger partial charge in [0.15, 0.2) is 0 Å². The van der Waals surface area contributed by atoms with Gasteiger partial charge in [0, 0.05) is 10.7 Å². The standard InChI is InChI=1S/C18H20ClNO/c1-12(2)15-9-6-7-13(3)18(15)20-17(21)11-14-8-4-5-10-16(14)19/h4-10,12H,11H2,1-3H3,(H,20,21). The Labute approximate surface area is 131 Å². The highest BCUT2D eigenvalue weighted by atomic mass is 35.5.